The zero-order valence-electron chi connectivity index (χ0n) is 15.5. The van der Waals surface area contributed by atoms with E-state index in [4.69, 9.17) is 22.3 Å². The SMILES string of the molecule is Cc1c(-c2ccnc(N(C)c3cccc(Cl)c3)n2)ccnc1NCCCN. The fourth-order valence-corrected chi connectivity index (χ4v) is 2.95. The van der Waals surface area contributed by atoms with Crippen molar-refractivity contribution < 1.29 is 0 Å². The van der Waals surface area contributed by atoms with Crippen molar-refractivity contribution in [1.82, 2.24) is 15.0 Å². The second-order valence-corrected chi connectivity index (χ2v) is 6.62. The summed E-state index contributed by atoms with van der Waals surface area (Å²) in [5.41, 5.74) is 9.40. The number of benzene rings is 1. The predicted molar refractivity (Wildman–Crippen MR) is 112 cm³/mol. The molecule has 0 radical (unpaired) electrons. The lowest BCUT2D eigenvalue weighted by atomic mass is 10.1. The second kappa shape index (κ2) is 8.79. The highest BCUT2D eigenvalue weighted by molar-refractivity contribution is 6.30. The summed E-state index contributed by atoms with van der Waals surface area (Å²) in [7, 11) is 1.92. The fraction of sp³-hybridized carbons (Fsp3) is 0.250. The van der Waals surface area contributed by atoms with Gasteiger partial charge in [0.1, 0.15) is 5.82 Å². The number of rotatable bonds is 7. The third-order valence-corrected chi connectivity index (χ3v) is 4.53. The van der Waals surface area contributed by atoms with Gasteiger partial charge in [-0.3, -0.25) is 0 Å². The molecule has 7 heteroatoms. The number of hydrogen-bond acceptors (Lipinski definition) is 6. The van der Waals surface area contributed by atoms with Gasteiger partial charge in [-0.05, 0) is 50.2 Å². The average molecular weight is 383 g/mol. The summed E-state index contributed by atoms with van der Waals surface area (Å²) < 4.78 is 0. The fourth-order valence-electron chi connectivity index (χ4n) is 2.76. The second-order valence-electron chi connectivity index (χ2n) is 6.18. The Kier molecular flexibility index (Phi) is 6.21. The molecule has 0 saturated heterocycles. The minimum absolute atomic E-state index is 0.601. The van der Waals surface area contributed by atoms with Gasteiger partial charge in [0, 0.05) is 47.8 Å². The van der Waals surface area contributed by atoms with Crippen LogP contribution >= 0.6 is 11.6 Å². The van der Waals surface area contributed by atoms with E-state index in [1.165, 1.54) is 0 Å². The van der Waals surface area contributed by atoms with Gasteiger partial charge in [-0.2, -0.15) is 0 Å². The number of nitrogens with one attached hydrogen (secondary N) is 1. The molecule has 140 valence electrons. The normalized spacial score (nSPS) is 10.7. The first-order valence-electron chi connectivity index (χ1n) is 8.82. The third-order valence-electron chi connectivity index (χ3n) is 4.29. The Hall–Kier alpha value is -2.70. The van der Waals surface area contributed by atoms with Crippen LogP contribution in [-0.2, 0) is 0 Å². The molecule has 27 heavy (non-hydrogen) atoms. The molecule has 0 bridgehead atoms. The first kappa shape index (κ1) is 19.1. The lowest BCUT2D eigenvalue weighted by Gasteiger charge is -2.18. The molecule has 0 aliphatic rings. The number of anilines is 3. The van der Waals surface area contributed by atoms with Crippen molar-refractivity contribution in [2.45, 2.75) is 13.3 Å². The van der Waals surface area contributed by atoms with Crippen molar-refractivity contribution in [3.8, 4) is 11.3 Å². The molecule has 0 aliphatic carbocycles. The Labute approximate surface area is 164 Å². The molecule has 3 N–H and O–H groups in total. The summed E-state index contributed by atoms with van der Waals surface area (Å²) in [6.45, 7) is 3.48. The van der Waals surface area contributed by atoms with Gasteiger partial charge in [-0.1, -0.05) is 17.7 Å². The van der Waals surface area contributed by atoms with Gasteiger partial charge in [0.15, 0.2) is 0 Å². The van der Waals surface area contributed by atoms with Crippen LogP contribution in [0.5, 0.6) is 0 Å². The van der Waals surface area contributed by atoms with Crippen LogP contribution < -0.4 is 16.0 Å². The first-order chi connectivity index (χ1) is 13.1. The highest BCUT2D eigenvalue weighted by Crippen LogP contribution is 2.28. The van der Waals surface area contributed by atoms with Gasteiger partial charge in [0.05, 0.1) is 5.69 Å². The smallest absolute Gasteiger partial charge is 0.230 e. The number of halogens is 1. The van der Waals surface area contributed by atoms with Crippen molar-refractivity contribution in [2.75, 3.05) is 30.4 Å². The Morgan fingerprint density at radius 1 is 1.15 bits per heavy atom. The largest absolute Gasteiger partial charge is 0.370 e. The standard InChI is InChI=1S/C20H23ClN6/c1-14-17(7-11-24-19(14)23-10-4-9-22)18-8-12-25-20(26-18)27(2)16-6-3-5-15(21)13-16/h3,5-8,11-13H,4,9-10,22H2,1-2H3,(H,23,24). The molecule has 0 amide bonds. The quantitative estimate of drug-likeness (QED) is 0.600. The molecule has 0 aliphatic heterocycles. The summed E-state index contributed by atoms with van der Waals surface area (Å²) in [6.07, 6.45) is 4.45. The monoisotopic (exact) mass is 382 g/mol. The van der Waals surface area contributed by atoms with Crippen molar-refractivity contribution in [3.63, 3.8) is 0 Å². The maximum absolute atomic E-state index is 6.10. The molecule has 2 heterocycles. The van der Waals surface area contributed by atoms with Crippen molar-refractivity contribution in [1.29, 1.82) is 0 Å². The molecule has 0 spiro atoms. The highest BCUT2D eigenvalue weighted by Gasteiger charge is 2.12. The minimum atomic E-state index is 0.601. The lowest BCUT2D eigenvalue weighted by Crippen LogP contribution is -2.13. The summed E-state index contributed by atoms with van der Waals surface area (Å²) in [6, 6.07) is 11.5. The van der Waals surface area contributed by atoms with Crippen molar-refractivity contribution >= 4 is 29.1 Å². The van der Waals surface area contributed by atoms with Gasteiger partial charge in [0.25, 0.3) is 0 Å². The maximum atomic E-state index is 6.10. The molecule has 0 fully saturated rings. The number of hydrogen-bond donors (Lipinski definition) is 2. The number of pyridine rings is 1. The molecule has 0 saturated carbocycles. The Balaban J connectivity index is 1.90. The molecular formula is C20H23ClN6. The number of aromatic nitrogens is 3. The Morgan fingerprint density at radius 2 is 1.96 bits per heavy atom. The van der Waals surface area contributed by atoms with Crippen LogP contribution in [0, 0.1) is 6.92 Å². The predicted octanol–water partition coefficient (Wildman–Crippen LogP) is 4.03. The lowest BCUT2D eigenvalue weighted by molar-refractivity contribution is 0.869. The van der Waals surface area contributed by atoms with E-state index in [1.807, 2.05) is 55.3 Å². The van der Waals surface area contributed by atoms with Gasteiger partial charge in [-0.15, -0.1) is 0 Å². The molecule has 0 unspecified atom stereocenters. The Morgan fingerprint density at radius 3 is 2.74 bits per heavy atom. The minimum Gasteiger partial charge on any atom is -0.370 e. The van der Waals surface area contributed by atoms with Crippen LogP contribution in [0.15, 0.2) is 48.8 Å². The molecular weight excluding hydrogens is 360 g/mol. The van der Waals surface area contributed by atoms with Crippen LogP contribution in [-0.4, -0.2) is 35.1 Å². The maximum Gasteiger partial charge on any atom is 0.230 e. The number of nitrogens with zero attached hydrogens (tertiary/aromatic N) is 4. The molecule has 3 aromatic rings. The van der Waals surface area contributed by atoms with Crippen molar-refractivity contribution in [2.24, 2.45) is 5.73 Å². The van der Waals surface area contributed by atoms with Gasteiger partial charge in [-0.25, -0.2) is 15.0 Å². The van der Waals surface area contributed by atoms with E-state index in [2.05, 4.69) is 15.3 Å². The van der Waals surface area contributed by atoms with Gasteiger partial charge in [0.2, 0.25) is 5.95 Å². The van der Waals surface area contributed by atoms with Gasteiger partial charge < -0.3 is 16.0 Å². The first-order valence-corrected chi connectivity index (χ1v) is 9.20. The van der Waals surface area contributed by atoms with Crippen LogP contribution in [0.1, 0.15) is 12.0 Å². The Bertz CT molecular complexity index is 914. The molecule has 2 aromatic heterocycles. The van der Waals surface area contributed by atoms with E-state index in [9.17, 15) is 0 Å². The average Bonchev–Trinajstić information content (AvgIpc) is 2.69. The van der Waals surface area contributed by atoms with Crippen LogP contribution in [0.4, 0.5) is 17.5 Å². The number of nitrogens with two attached hydrogens (primary N) is 1. The van der Waals surface area contributed by atoms with E-state index in [1.54, 1.807) is 12.4 Å². The summed E-state index contributed by atoms with van der Waals surface area (Å²) in [4.78, 5) is 15.5. The molecule has 6 nitrogen and oxygen atoms in total. The van der Waals surface area contributed by atoms with Gasteiger partial charge >= 0.3 is 0 Å². The van der Waals surface area contributed by atoms with Crippen molar-refractivity contribution in [3.05, 3.63) is 59.4 Å². The van der Waals surface area contributed by atoms with E-state index in [0.717, 1.165) is 41.3 Å². The topological polar surface area (TPSA) is 80.0 Å². The van der Waals surface area contributed by atoms with Crippen LogP contribution in [0.2, 0.25) is 5.02 Å². The summed E-state index contributed by atoms with van der Waals surface area (Å²) in [5.74, 6) is 1.45. The van der Waals surface area contributed by atoms with E-state index in [0.29, 0.717) is 17.5 Å². The zero-order valence-corrected chi connectivity index (χ0v) is 16.2. The molecule has 3 rings (SSSR count). The van der Waals surface area contributed by atoms with E-state index < -0.39 is 0 Å². The van der Waals surface area contributed by atoms with E-state index >= 15 is 0 Å². The molecule has 1 aromatic carbocycles. The van der Waals surface area contributed by atoms with E-state index in [-0.39, 0.29) is 0 Å². The zero-order chi connectivity index (χ0) is 19.2. The highest BCUT2D eigenvalue weighted by atomic mass is 35.5. The summed E-state index contributed by atoms with van der Waals surface area (Å²) in [5, 5.41) is 4.01. The summed E-state index contributed by atoms with van der Waals surface area (Å²) >= 11 is 6.10. The third kappa shape index (κ3) is 4.53. The van der Waals surface area contributed by atoms with Crippen LogP contribution in [0.3, 0.4) is 0 Å². The van der Waals surface area contributed by atoms with Crippen LogP contribution in [0.25, 0.3) is 11.3 Å². The molecule has 0 atom stereocenters.